The van der Waals surface area contributed by atoms with E-state index in [9.17, 15) is 13.5 Å². The molecule has 1 heterocycles. The van der Waals surface area contributed by atoms with Crippen molar-refractivity contribution >= 4 is 15.7 Å². The summed E-state index contributed by atoms with van der Waals surface area (Å²) >= 11 is 0. The minimum absolute atomic E-state index is 0.0552. The summed E-state index contributed by atoms with van der Waals surface area (Å²) in [6, 6.07) is 2.00. The number of hydrogen-bond acceptors (Lipinski definition) is 7. The third-order valence-corrected chi connectivity index (χ3v) is 4.48. The number of rotatable bonds is 3. The molecule has 7 nitrogen and oxygen atoms in total. The normalized spacial score (nSPS) is 26.1. The number of nitrogens with one attached hydrogen (secondary N) is 1. The second kappa shape index (κ2) is 5.58. The Balaban J connectivity index is 2.21. The summed E-state index contributed by atoms with van der Waals surface area (Å²) in [6.45, 7) is 1.80. The molecule has 0 atom stereocenters. The molecule has 21 heavy (non-hydrogen) atoms. The first-order valence-electron chi connectivity index (χ1n) is 6.67. The van der Waals surface area contributed by atoms with Crippen molar-refractivity contribution in [3.8, 4) is 6.07 Å². The molecule has 1 aliphatic rings. The summed E-state index contributed by atoms with van der Waals surface area (Å²) in [5, 5.41) is 21.8. The maximum Gasteiger partial charge on any atom is 0.248 e. The topological polar surface area (TPSA) is 116 Å². The van der Waals surface area contributed by atoms with Crippen LogP contribution >= 0.6 is 0 Å². The molecule has 0 radical (unpaired) electrons. The molecule has 0 aliphatic heterocycles. The minimum Gasteiger partial charge on any atom is -0.390 e. The number of aromatic nitrogens is 2. The molecule has 114 valence electrons. The first-order valence-corrected chi connectivity index (χ1v) is 8.56. The van der Waals surface area contributed by atoms with Crippen LogP contribution in [-0.4, -0.2) is 41.4 Å². The number of aliphatic hydroxyl groups is 1. The minimum atomic E-state index is -3.52. The molecule has 0 bridgehead atoms. The average Bonchev–Trinajstić information content (AvgIpc) is 2.40. The Morgan fingerprint density at radius 3 is 2.62 bits per heavy atom. The third-order valence-electron chi connectivity index (χ3n) is 3.62. The Morgan fingerprint density at radius 2 is 2.10 bits per heavy atom. The van der Waals surface area contributed by atoms with Crippen LogP contribution in [0.5, 0.6) is 0 Å². The van der Waals surface area contributed by atoms with Gasteiger partial charge in [-0.25, -0.2) is 13.4 Å². The van der Waals surface area contributed by atoms with Crippen molar-refractivity contribution in [3.05, 3.63) is 11.8 Å². The Labute approximate surface area is 124 Å². The number of nitriles is 1. The molecule has 1 aromatic rings. The van der Waals surface area contributed by atoms with Crippen LogP contribution in [-0.2, 0) is 9.84 Å². The van der Waals surface area contributed by atoms with E-state index in [4.69, 9.17) is 5.26 Å². The highest BCUT2D eigenvalue weighted by atomic mass is 32.2. The Kier molecular flexibility index (Phi) is 4.16. The van der Waals surface area contributed by atoms with Crippen molar-refractivity contribution in [3.63, 3.8) is 0 Å². The SMILES string of the molecule is CS(=O)(=O)c1ncc(C#N)c(N[C@H]2CC[C@@](C)(O)CC2)n1. The van der Waals surface area contributed by atoms with Crippen LogP contribution in [0.15, 0.2) is 11.4 Å². The van der Waals surface area contributed by atoms with Crippen LogP contribution in [0.4, 0.5) is 5.82 Å². The van der Waals surface area contributed by atoms with E-state index < -0.39 is 15.4 Å². The van der Waals surface area contributed by atoms with Crippen LogP contribution in [0.25, 0.3) is 0 Å². The molecule has 0 spiro atoms. The number of hydrogen-bond donors (Lipinski definition) is 2. The van der Waals surface area contributed by atoms with Crippen molar-refractivity contribution in [2.45, 2.75) is 49.4 Å². The second-order valence-electron chi connectivity index (χ2n) is 5.71. The van der Waals surface area contributed by atoms with Crippen LogP contribution in [0.3, 0.4) is 0 Å². The lowest BCUT2D eigenvalue weighted by atomic mass is 9.83. The lowest BCUT2D eigenvalue weighted by molar-refractivity contribution is 0.0196. The van der Waals surface area contributed by atoms with Gasteiger partial charge >= 0.3 is 0 Å². The Bertz CT molecular complexity index is 669. The van der Waals surface area contributed by atoms with E-state index in [1.165, 1.54) is 6.20 Å². The summed E-state index contributed by atoms with van der Waals surface area (Å²) in [4.78, 5) is 7.65. The first-order chi connectivity index (χ1) is 9.71. The Morgan fingerprint density at radius 1 is 1.48 bits per heavy atom. The van der Waals surface area contributed by atoms with Crippen molar-refractivity contribution in [1.29, 1.82) is 5.26 Å². The average molecular weight is 310 g/mol. The fourth-order valence-electron chi connectivity index (χ4n) is 2.31. The lowest BCUT2D eigenvalue weighted by Crippen LogP contribution is -2.36. The monoisotopic (exact) mass is 310 g/mol. The van der Waals surface area contributed by atoms with Crippen molar-refractivity contribution in [2.75, 3.05) is 11.6 Å². The molecule has 2 N–H and O–H groups in total. The van der Waals surface area contributed by atoms with Gasteiger partial charge in [0.2, 0.25) is 15.0 Å². The molecule has 0 aromatic carbocycles. The molecule has 2 rings (SSSR count). The summed E-state index contributed by atoms with van der Waals surface area (Å²) in [5.74, 6) is 0.236. The van der Waals surface area contributed by atoms with E-state index in [2.05, 4.69) is 15.3 Å². The van der Waals surface area contributed by atoms with E-state index in [-0.39, 0.29) is 22.6 Å². The van der Waals surface area contributed by atoms with Gasteiger partial charge in [-0.05, 0) is 32.6 Å². The zero-order chi connectivity index (χ0) is 15.7. The van der Waals surface area contributed by atoms with Crippen LogP contribution < -0.4 is 5.32 Å². The van der Waals surface area contributed by atoms with Gasteiger partial charge in [-0.1, -0.05) is 0 Å². The number of nitrogens with zero attached hydrogens (tertiary/aromatic N) is 3. The standard InChI is InChI=1S/C13H18N4O3S/c1-13(18)5-3-10(4-6-13)16-11-9(7-14)8-15-12(17-11)21(2,19)20/h8,10,18H,3-6H2,1-2H3,(H,15,16,17)/t10-,13+. The fraction of sp³-hybridized carbons (Fsp3) is 0.615. The van der Waals surface area contributed by atoms with Gasteiger partial charge in [-0.2, -0.15) is 10.2 Å². The summed E-state index contributed by atoms with van der Waals surface area (Å²) in [7, 11) is -3.52. The van der Waals surface area contributed by atoms with Crippen LogP contribution in [0.2, 0.25) is 0 Å². The maximum absolute atomic E-state index is 11.5. The van der Waals surface area contributed by atoms with Gasteiger partial charge in [0.15, 0.2) is 0 Å². The molecule has 1 fully saturated rings. The Hall–Kier alpha value is -1.72. The zero-order valence-electron chi connectivity index (χ0n) is 12.0. The van der Waals surface area contributed by atoms with Gasteiger partial charge in [-0.3, -0.25) is 0 Å². The van der Waals surface area contributed by atoms with Gasteiger partial charge in [0.25, 0.3) is 0 Å². The van der Waals surface area contributed by atoms with E-state index in [0.717, 1.165) is 19.1 Å². The van der Waals surface area contributed by atoms with Gasteiger partial charge in [0, 0.05) is 12.3 Å². The summed E-state index contributed by atoms with van der Waals surface area (Å²) < 4.78 is 23.0. The molecule has 0 amide bonds. The zero-order valence-corrected chi connectivity index (χ0v) is 12.8. The van der Waals surface area contributed by atoms with E-state index in [0.29, 0.717) is 12.8 Å². The quantitative estimate of drug-likeness (QED) is 0.795. The highest BCUT2D eigenvalue weighted by Gasteiger charge is 2.29. The number of sulfone groups is 1. The summed E-state index contributed by atoms with van der Waals surface area (Å²) in [5.41, 5.74) is -0.445. The summed E-state index contributed by atoms with van der Waals surface area (Å²) in [6.07, 6.45) is 5.00. The molecular weight excluding hydrogens is 292 g/mol. The third kappa shape index (κ3) is 3.89. The van der Waals surface area contributed by atoms with Crippen LogP contribution in [0.1, 0.15) is 38.2 Å². The molecule has 8 heteroatoms. The smallest absolute Gasteiger partial charge is 0.248 e. The highest BCUT2D eigenvalue weighted by molar-refractivity contribution is 7.90. The van der Waals surface area contributed by atoms with Crippen molar-refractivity contribution in [1.82, 2.24) is 9.97 Å². The first kappa shape index (κ1) is 15.7. The lowest BCUT2D eigenvalue weighted by Gasteiger charge is -2.33. The van der Waals surface area contributed by atoms with Gasteiger partial charge in [0.1, 0.15) is 17.5 Å². The molecule has 1 aliphatic carbocycles. The molecular formula is C13H18N4O3S. The van der Waals surface area contributed by atoms with Gasteiger partial charge in [-0.15, -0.1) is 0 Å². The molecule has 0 unspecified atom stereocenters. The van der Waals surface area contributed by atoms with Gasteiger partial charge in [0.05, 0.1) is 11.8 Å². The van der Waals surface area contributed by atoms with E-state index in [1.807, 2.05) is 6.07 Å². The largest absolute Gasteiger partial charge is 0.390 e. The fourth-order valence-corrected chi connectivity index (χ4v) is 2.81. The molecule has 0 saturated heterocycles. The van der Waals surface area contributed by atoms with E-state index in [1.54, 1.807) is 6.92 Å². The predicted octanol–water partition coefficient (Wildman–Crippen LogP) is 0.857. The van der Waals surface area contributed by atoms with Crippen LogP contribution in [0, 0.1) is 11.3 Å². The van der Waals surface area contributed by atoms with E-state index >= 15 is 0 Å². The van der Waals surface area contributed by atoms with Gasteiger partial charge < -0.3 is 10.4 Å². The molecule has 1 saturated carbocycles. The predicted molar refractivity (Wildman–Crippen MR) is 76.4 cm³/mol. The highest BCUT2D eigenvalue weighted by Crippen LogP contribution is 2.29. The van der Waals surface area contributed by atoms with Crippen molar-refractivity contribution < 1.29 is 13.5 Å². The molecule has 1 aromatic heterocycles. The second-order valence-corrected chi connectivity index (χ2v) is 7.62. The van der Waals surface area contributed by atoms with Crippen molar-refractivity contribution in [2.24, 2.45) is 0 Å². The maximum atomic E-state index is 11.5. The number of anilines is 1.